The van der Waals surface area contributed by atoms with Gasteiger partial charge in [0.1, 0.15) is 17.2 Å². The number of hydrogen-bond donors (Lipinski definition) is 1. The summed E-state index contributed by atoms with van der Waals surface area (Å²) >= 11 is 0. The van der Waals surface area contributed by atoms with Crippen LogP contribution in [0.3, 0.4) is 0 Å². The second-order valence-corrected chi connectivity index (χ2v) is 7.01. The molecule has 8 heteroatoms. The standard InChI is InChI=1S/C23H33NO7/c1-9-24(10-2)23(26)17-14(11-13(3)25)20(29-6)19-18(22(17)31-8)15(27-4)12-16(28-5)21(19)30-7/h12-13,25H,9-11H2,1-8H3. The molecule has 2 rings (SSSR count). The van der Waals surface area contributed by atoms with Gasteiger partial charge in [0.15, 0.2) is 11.5 Å². The van der Waals surface area contributed by atoms with Gasteiger partial charge in [-0.25, -0.2) is 0 Å². The van der Waals surface area contributed by atoms with E-state index in [4.69, 9.17) is 23.7 Å². The van der Waals surface area contributed by atoms with E-state index in [-0.39, 0.29) is 12.3 Å². The SMILES string of the molecule is CCN(CC)C(=O)c1c(CC(C)O)c(OC)c2c(OC)c(OC)cc(OC)c2c1OC. The van der Waals surface area contributed by atoms with Gasteiger partial charge in [-0.1, -0.05) is 0 Å². The van der Waals surface area contributed by atoms with E-state index in [0.29, 0.717) is 63.7 Å². The minimum absolute atomic E-state index is 0.181. The van der Waals surface area contributed by atoms with Crippen LogP contribution in [0.15, 0.2) is 6.07 Å². The molecule has 31 heavy (non-hydrogen) atoms. The largest absolute Gasteiger partial charge is 0.496 e. The predicted molar refractivity (Wildman–Crippen MR) is 119 cm³/mol. The summed E-state index contributed by atoms with van der Waals surface area (Å²) in [5, 5.41) is 11.3. The van der Waals surface area contributed by atoms with Crippen LogP contribution in [0.25, 0.3) is 10.8 Å². The first-order valence-electron chi connectivity index (χ1n) is 10.2. The molecule has 0 saturated heterocycles. The van der Waals surface area contributed by atoms with Gasteiger partial charge in [0, 0.05) is 31.1 Å². The van der Waals surface area contributed by atoms with Crippen LogP contribution in [0.1, 0.15) is 36.7 Å². The molecule has 0 bridgehead atoms. The van der Waals surface area contributed by atoms with E-state index in [2.05, 4.69) is 0 Å². The Morgan fingerprint density at radius 1 is 0.871 bits per heavy atom. The molecule has 0 aliphatic carbocycles. The molecule has 0 saturated carbocycles. The number of nitrogens with zero attached hydrogens (tertiary/aromatic N) is 1. The first kappa shape index (κ1) is 24.4. The number of benzene rings is 2. The second-order valence-electron chi connectivity index (χ2n) is 7.01. The van der Waals surface area contributed by atoms with Gasteiger partial charge < -0.3 is 33.7 Å². The second kappa shape index (κ2) is 10.4. The lowest BCUT2D eigenvalue weighted by Gasteiger charge is -2.27. The van der Waals surface area contributed by atoms with Crippen LogP contribution in [0.2, 0.25) is 0 Å². The third-order valence-corrected chi connectivity index (χ3v) is 5.28. The number of fused-ring (bicyclic) bond motifs is 1. The Bertz CT molecular complexity index is 936. The molecule has 0 heterocycles. The third kappa shape index (κ3) is 4.30. The van der Waals surface area contributed by atoms with Crippen LogP contribution >= 0.6 is 0 Å². The molecule has 1 unspecified atom stereocenters. The zero-order valence-corrected chi connectivity index (χ0v) is 19.6. The van der Waals surface area contributed by atoms with Gasteiger partial charge in [0.2, 0.25) is 0 Å². The molecular formula is C23H33NO7. The molecule has 0 fully saturated rings. The fraction of sp³-hybridized carbons (Fsp3) is 0.522. The summed E-state index contributed by atoms with van der Waals surface area (Å²) in [5.41, 5.74) is 0.870. The lowest BCUT2D eigenvalue weighted by atomic mass is 9.92. The van der Waals surface area contributed by atoms with Crippen molar-refractivity contribution in [3.8, 4) is 28.7 Å². The van der Waals surface area contributed by atoms with Crippen LogP contribution in [-0.4, -0.2) is 70.7 Å². The van der Waals surface area contributed by atoms with Crippen molar-refractivity contribution >= 4 is 16.7 Å². The highest BCUT2D eigenvalue weighted by molar-refractivity contribution is 6.12. The molecule has 8 nitrogen and oxygen atoms in total. The van der Waals surface area contributed by atoms with Gasteiger partial charge in [0.25, 0.3) is 5.91 Å². The van der Waals surface area contributed by atoms with Crippen molar-refractivity contribution in [3.05, 3.63) is 17.2 Å². The fourth-order valence-electron chi connectivity index (χ4n) is 3.92. The number of ether oxygens (including phenoxy) is 5. The number of aliphatic hydroxyl groups excluding tert-OH is 1. The smallest absolute Gasteiger partial charge is 0.258 e. The molecule has 0 spiro atoms. The van der Waals surface area contributed by atoms with Crippen molar-refractivity contribution in [2.24, 2.45) is 0 Å². The summed E-state index contributed by atoms with van der Waals surface area (Å²) in [4.78, 5) is 15.3. The first-order valence-corrected chi connectivity index (χ1v) is 10.2. The molecule has 0 aliphatic heterocycles. The maximum absolute atomic E-state index is 13.6. The quantitative estimate of drug-likeness (QED) is 0.613. The Morgan fingerprint density at radius 2 is 1.42 bits per heavy atom. The minimum Gasteiger partial charge on any atom is -0.496 e. The maximum Gasteiger partial charge on any atom is 0.258 e. The van der Waals surface area contributed by atoms with E-state index >= 15 is 0 Å². The summed E-state index contributed by atoms with van der Waals surface area (Å²) in [6, 6.07) is 1.68. The van der Waals surface area contributed by atoms with Gasteiger partial charge in [-0.3, -0.25) is 4.79 Å². The van der Waals surface area contributed by atoms with Crippen molar-refractivity contribution < 1.29 is 33.6 Å². The highest BCUT2D eigenvalue weighted by Gasteiger charge is 2.32. The number of amides is 1. The third-order valence-electron chi connectivity index (χ3n) is 5.28. The normalized spacial score (nSPS) is 11.8. The molecule has 1 N–H and O–H groups in total. The molecule has 172 valence electrons. The zero-order valence-electron chi connectivity index (χ0n) is 19.6. The number of methoxy groups -OCH3 is 5. The van der Waals surface area contributed by atoms with E-state index < -0.39 is 6.10 Å². The Hall–Kier alpha value is -2.87. The maximum atomic E-state index is 13.6. The van der Waals surface area contributed by atoms with Crippen LogP contribution in [-0.2, 0) is 6.42 Å². The Morgan fingerprint density at radius 3 is 1.84 bits per heavy atom. The van der Waals surface area contributed by atoms with Gasteiger partial charge in [0.05, 0.1) is 58.0 Å². The molecule has 1 atom stereocenters. The van der Waals surface area contributed by atoms with Crippen LogP contribution in [0.4, 0.5) is 0 Å². The van der Waals surface area contributed by atoms with Gasteiger partial charge in [-0.2, -0.15) is 0 Å². The summed E-state index contributed by atoms with van der Waals surface area (Å²) < 4.78 is 28.4. The monoisotopic (exact) mass is 435 g/mol. The van der Waals surface area contributed by atoms with E-state index in [1.807, 2.05) is 13.8 Å². The summed E-state index contributed by atoms with van der Waals surface area (Å²) in [6.07, 6.45) is -0.543. The van der Waals surface area contributed by atoms with Crippen molar-refractivity contribution in [1.29, 1.82) is 0 Å². The molecule has 1 amide bonds. The average molecular weight is 436 g/mol. The number of rotatable bonds is 10. The number of hydrogen-bond acceptors (Lipinski definition) is 7. The van der Waals surface area contributed by atoms with Crippen molar-refractivity contribution in [1.82, 2.24) is 4.90 Å². The number of aliphatic hydroxyl groups is 1. The molecule has 2 aromatic carbocycles. The molecular weight excluding hydrogens is 402 g/mol. The first-order chi connectivity index (χ1) is 14.8. The Balaban J connectivity index is 3.20. The van der Waals surface area contributed by atoms with E-state index in [1.54, 1.807) is 17.9 Å². The van der Waals surface area contributed by atoms with Gasteiger partial charge >= 0.3 is 0 Å². The van der Waals surface area contributed by atoms with Crippen molar-refractivity contribution in [2.75, 3.05) is 48.6 Å². The molecule has 0 radical (unpaired) electrons. The van der Waals surface area contributed by atoms with E-state index in [9.17, 15) is 9.90 Å². The lowest BCUT2D eigenvalue weighted by molar-refractivity contribution is 0.0767. The Labute approximate surface area is 183 Å². The van der Waals surface area contributed by atoms with E-state index in [1.165, 1.54) is 35.5 Å². The van der Waals surface area contributed by atoms with Gasteiger partial charge in [-0.05, 0) is 20.8 Å². The number of carbonyl (C=O) groups excluding carboxylic acids is 1. The van der Waals surface area contributed by atoms with E-state index in [0.717, 1.165) is 0 Å². The van der Waals surface area contributed by atoms with Gasteiger partial charge in [-0.15, -0.1) is 0 Å². The molecule has 0 aliphatic rings. The molecule has 2 aromatic rings. The molecule has 0 aromatic heterocycles. The number of carbonyl (C=O) groups is 1. The van der Waals surface area contributed by atoms with Crippen LogP contribution in [0.5, 0.6) is 28.7 Å². The highest BCUT2D eigenvalue weighted by Crippen LogP contribution is 2.52. The lowest BCUT2D eigenvalue weighted by Crippen LogP contribution is -2.32. The van der Waals surface area contributed by atoms with Crippen molar-refractivity contribution in [2.45, 2.75) is 33.3 Å². The zero-order chi connectivity index (χ0) is 23.3. The summed E-state index contributed by atoms with van der Waals surface area (Å²) in [7, 11) is 7.61. The van der Waals surface area contributed by atoms with Crippen LogP contribution < -0.4 is 23.7 Å². The van der Waals surface area contributed by atoms with Crippen molar-refractivity contribution in [3.63, 3.8) is 0 Å². The summed E-state index contributed by atoms with van der Waals surface area (Å²) in [5.74, 6) is 1.83. The topological polar surface area (TPSA) is 86.7 Å². The fourth-order valence-corrected chi connectivity index (χ4v) is 3.92. The minimum atomic E-state index is -0.724. The highest BCUT2D eigenvalue weighted by atomic mass is 16.5. The predicted octanol–water partition coefficient (Wildman–Crippen LogP) is 3.29. The summed E-state index contributed by atoms with van der Waals surface area (Å²) in [6.45, 7) is 6.53. The van der Waals surface area contributed by atoms with Crippen LogP contribution in [0, 0.1) is 0 Å². The Kier molecular flexibility index (Phi) is 8.21. The average Bonchev–Trinajstić information content (AvgIpc) is 2.77.